The largest absolute Gasteiger partial charge is 0.490 e. The van der Waals surface area contributed by atoms with Crippen LogP contribution in [-0.4, -0.2) is 25.3 Å². The summed E-state index contributed by atoms with van der Waals surface area (Å²) < 4.78 is 11.7. The maximum absolute atomic E-state index is 12.0. The van der Waals surface area contributed by atoms with E-state index in [1.165, 1.54) is 11.8 Å². The topological polar surface area (TPSA) is 69.2 Å². The third-order valence-corrected chi connectivity index (χ3v) is 4.59. The van der Waals surface area contributed by atoms with Crippen molar-refractivity contribution in [2.75, 3.05) is 18.5 Å². The summed E-state index contributed by atoms with van der Waals surface area (Å²) in [5.41, 5.74) is 4.91. The van der Waals surface area contributed by atoms with Crippen LogP contribution in [0.4, 0.5) is 5.69 Å². The first-order valence-electron chi connectivity index (χ1n) is 10.5. The van der Waals surface area contributed by atoms with E-state index in [0.717, 1.165) is 22.4 Å². The zero-order valence-corrected chi connectivity index (χ0v) is 18.6. The summed E-state index contributed by atoms with van der Waals surface area (Å²) >= 11 is 0. The molecule has 1 amide bonds. The molecule has 0 aliphatic rings. The van der Waals surface area contributed by atoms with Gasteiger partial charge >= 0.3 is 0 Å². The maximum atomic E-state index is 12.0. The van der Waals surface area contributed by atoms with Crippen molar-refractivity contribution in [1.82, 2.24) is 0 Å². The number of ether oxygens (including phenoxy) is 2. The Morgan fingerprint density at radius 2 is 1.59 bits per heavy atom. The van der Waals surface area contributed by atoms with Crippen LogP contribution in [0.2, 0.25) is 0 Å². The summed E-state index contributed by atoms with van der Waals surface area (Å²) in [5, 5.41) is 6.65. The summed E-state index contributed by atoms with van der Waals surface area (Å²) in [4.78, 5) is 17.1. The molecule has 0 aromatic heterocycles. The highest BCUT2D eigenvalue weighted by molar-refractivity contribution is 5.91. The molecule has 3 rings (SSSR count). The van der Waals surface area contributed by atoms with Gasteiger partial charge in [0.15, 0.2) is 18.1 Å². The number of rotatable bonds is 10. The Bertz CT molecular complexity index is 1040. The van der Waals surface area contributed by atoms with Crippen molar-refractivity contribution in [3.8, 4) is 11.5 Å². The molecule has 0 fully saturated rings. The van der Waals surface area contributed by atoms with Crippen molar-refractivity contribution < 1.29 is 19.1 Å². The van der Waals surface area contributed by atoms with Crippen LogP contribution in [0.1, 0.15) is 29.2 Å². The minimum Gasteiger partial charge on any atom is -0.490 e. The molecular formula is C26H28N2O4. The van der Waals surface area contributed by atoms with Crippen LogP contribution >= 0.6 is 0 Å². The van der Waals surface area contributed by atoms with Crippen LogP contribution in [0, 0.1) is 13.8 Å². The van der Waals surface area contributed by atoms with Gasteiger partial charge in [-0.15, -0.1) is 0 Å². The highest BCUT2D eigenvalue weighted by atomic mass is 16.6. The van der Waals surface area contributed by atoms with E-state index in [0.29, 0.717) is 24.7 Å². The van der Waals surface area contributed by atoms with Crippen molar-refractivity contribution in [3.63, 3.8) is 0 Å². The Morgan fingerprint density at radius 1 is 0.906 bits per heavy atom. The number of carbonyl (C=O) groups excluding carboxylic acids is 1. The highest BCUT2D eigenvalue weighted by Gasteiger charge is 2.07. The smallest absolute Gasteiger partial charge is 0.265 e. The van der Waals surface area contributed by atoms with Crippen LogP contribution in [0.5, 0.6) is 11.5 Å². The van der Waals surface area contributed by atoms with Gasteiger partial charge in [-0.3, -0.25) is 4.79 Å². The predicted molar refractivity (Wildman–Crippen MR) is 126 cm³/mol. The molecule has 166 valence electrons. The van der Waals surface area contributed by atoms with Crippen molar-refractivity contribution >= 4 is 17.8 Å². The van der Waals surface area contributed by atoms with Gasteiger partial charge in [0.1, 0.15) is 6.61 Å². The molecule has 0 atom stereocenters. The van der Waals surface area contributed by atoms with Gasteiger partial charge in [0, 0.05) is 11.3 Å². The molecular weight excluding hydrogens is 404 g/mol. The highest BCUT2D eigenvalue weighted by Crippen LogP contribution is 2.29. The normalized spacial score (nSPS) is 10.7. The summed E-state index contributed by atoms with van der Waals surface area (Å²) in [6.07, 6.45) is 1.53. The number of nitrogens with one attached hydrogen (secondary N) is 1. The Balaban J connectivity index is 1.53. The Labute approximate surface area is 188 Å². The van der Waals surface area contributed by atoms with Crippen LogP contribution in [-0.2, 0) is 16.2 Å². The van der Waals surface area contributed by atoms with E-state index < -0.39 is 0 Å². The fourth-order valence-corrected chi connectivity index (χ4v) is 2.87. The van der Waals surface area contributed by atoms with E-state index in [1.54, 1.807) is 0 Å². The molecule has 0 bridgehead atoms. The summed E-state index contributed by atoms with van der Waals surface area (Å²) in [7, 11) is 0. The molecule has 3 aromatic carbocycles. The number of benzene rings is 3. The fourth-order valence-electron chi connectivity index (χ4n) is 2.87. The van der Waals surface area contributed by atoms with Crippen LogP contribution in [0.3, 0.4) is 0 Å². The van der Waals surface area contributed by atoms with Crippen molar-refractivity contribution in [2.45, 2.75) is 27.4 Å². The second-order valence-electron chi connectivity index (χ2n) is 7.34. The summed E-state index contributed by atoms with van der Waals surface area (Å²) in [6, 6.07) is 21.3. The van der Waals surface area contributed by atoms with Gasteiger partial charge in [-0.1, -0.05) is 52.7 Å². The summed E-state index contributed by atoms with van der Waals surface area (Å²) in [6.45, 7) is 6.74. The predicted octanol–water partition coefficient (Wildman–Crippen LogP) is 5.27. The lowest BCUT2D eigenvalue weighted by molar-refractivity contribution is -0.120. The average molecular weight is 433 g/mol. The van der Waals surface area contributed by atoms with E-state index >= 15 is 0 Å². The second-order valence-corrected chi connectivity index (χ2v) is 7.34. The Morgan fingerprint density at radius 3 is 2.28 bits per heavy atom. The van der Waals surface area contributed by atoms with Gasteiger partial charge in [-0.2, -0.15) is 0 Å². The van der Waals surface area contributed by atoms with Gasteiger partial charge in [-0.25, -0.2) is 0 Å². The van der Waals surface area contributed by atoms with Crippen LogP contribution in [0.15, 0.2) is 71.9 Å². The third-order valence-electron chi connectivity index (χ3n) is 4.59. The lowest BCUT2D eigenvalue weighted by Crippen LogP contribution is -2.16. The molecule has 0 aliphatic carbocycles. The van der Waals surface area contributed by atoms with E-state index in [2.05, 4.69) is 29.5 Å². The molecule has 0 spiro atoms. The number of hydrogen-bond donors (Lipinski definition) is 1. The van der Waals surface area contributed by atoms with Crippen molar-refractivity contribution in [3.05, 3.63) is 89.0 Å². The fraction of sp³-hybridized carbons (Fsp3) is 0.231. The van der Waals surface area contributed by atoms with Crippen LogP contribution < -0.4 is 14.8 Å². The first kappa shape index (κ1) is 22.9. The maximum Gasteiger partial charge on any atom is 0.265 e. The number of amides is 1. The molecule has 0 heterocycles. The Kier molecular flexibility index (Phi) is 8.26. The lowest BCUT2D eigenvalue weighted by Gasteiger charge is -2.12. The number of anilines is 1. The SMILES string of the molecule is CCOc1cc(C=NOCC(=O)Nc2ccc(C)cc2)ccc1OCc1ccc(C)cc1. The number of nitrogens with zero attached hydrogens (tertiary/aromatic N) is 1. The molecule has 0 unspecified atom stereocenters. The zero-order valence-electron chi connectivity index (χ0n) is 18.6. The standard InChI is InChI=1S/C26H28N2O4/c1-4-30-25-15-22(11-14-24(25)31-17-21-9-5-19(2)6-10-21)16-27-32-18-26(29)28-23-12-7-20(3)8-13-23/h5-16H,4,17-18H2,1-3H3,(H,28,29). The third kappa shape index (κ3) is 7.16. The molecule has 1 N–H and O–H groups in total. The van der Waals surface area contributed by atoms with Gasteiger partial charge in [0.25, 0.3) is 5.91 Å². The molecule has 0 radical (unpaired) electrons. The first-order valence-corrected chi connectivity index (χ1v) is 10.5. The lowest BCUT2D eigenvalue weighted by atomic mass is 10.2. The quantitative estimate of drug-likeness (QED) is 0.350. The molecule has 3 aromatic rings. The average Bonchev–Trinajstić information content (AvgIpc) is 2.79. The van der Waals surface area contributed by atoms with E-state index in [1.807, 2.05) is 68.4 Å². The number of oxime groups is 1. The summed E-state index contributed by atoms with van der Waals surface area (Å²) in [5.74, 6) is 1.00. The minimum absolute atomic E-state index is 0.180. The van der Waals surface area contributed by atoms with Gasteiger partial charge in [-0.05, 0) is 56.7 Å². The van der Waals surface area contributed by atoms with Crippen LogP contribution in [0.25, 0.3) is 0 Å². The van der Waals surface area contributed by atoms with E-state index in [9.17, 15) is 4.79 Å². The van der Waals surface area contributed by atoms with Crippen molar-refractivity contribution in [1.29, 1.82) is 0 Å². The number of hydrogen-bond acceptors (Lipinski definition) is 5. The molecule has 6 nitrogen and oxygen atoms in total. The number of aryl methyl sites for hydroxylation is 2. The monoisotopic (exact) mass is 432 g/mol. The Hall–Kier alpha value is -3.80. The number of carbonyl (C=O) groups is 1. The van der Waals surface area contributed by atoms with Gasteiger partial charge < -0.3 is 19.6 Å². The second kappa shape index (κ2) is 11.6. The minimum atomic E-state index is -0.277. The molecule has 6 heteroatoms. The zero-order chi connectivity index (χ0) is 22.8. The molecule has 32 heavy (non-hydrogen) atoms. The van der Waals surface area contributed by atoms with E-state index in [-0.39, 0.29) is 12.5 Å². The van der Waals surface area contributed by atoms with Gasteiger partial charge in [0.05, 0.1) is 12.8 Å². The molecule has 0 saturated heterocycles. The molecule has 0 saturated carbocycles. The van der Waals surface area contributed by atoms with E-state index in [4.69, 9.17) is 14.3 Å². The first-order chi connectivity index (χ1) is 15.5. The van der Waals surface area contributed by atoms with Crippen molar-refractivity contribution in [2.24, 2.45) is 5.16 Å². The van der Waals surface area contributed by atoms with Gasteiger partial charge in [0.2, 0.25) is 0 Å². The molecule has 0 aliphatic heterocycles.